The number of hydrogen-bond donors (Lipinski definition) is 2. The van der Waals surface area contributed by atoms with Crippen LogP contribution in [0.15, 0.2) is 24.5 Å². The molecule has 0 fully saturated rings. The first kappa shape index (κ1) is 14.5. The van der Waals surface area contributed by atoms with E-state index in [1.165, 1.54) is 0 Å². The summed E-state index contributed by atoms with van der Waals surface area (Å²) in [5, 5.41) is 2.90. The van der Waals surface area contributed by atoms with Gasteiger partial charge in [0.2, 0.25) is 0 Å². The minimum Gasteiger partial charge on any atom is -0.354 e. The van der Waals surface area contributed by atoms with Gasteiger partial charge in [-0.3, -0.25) is 14.6 Å². The number of nitrogens with zero attached hydrogens (tertiary/aromatic N) is 1. The fraction of sp³-hybridized carbons (Fsp3) is 0.353. The van der Waals surface area contributed by atoms with E-state index in [4.69, 9.17) is 0 Å². The third-order valence-electron chi connectivity index (χ3n) is 4.09. The lowest BCUT2D eigenvalue weighted by Crippen LogP contribution is -2.26. The van der Waals surface area contributed by atoms with Gasteiger partial charge in [-0.05, 0) is 43.4 Å². The van der Waals surface area contributed by atoms with Crippen LogP contribution in [0, 0.1) is 6.92 Å². The molecule has 3 rings (SSSR count). The van der Waals surface area contributed by atoms with E-state index >= 15 is 0 Å². The molecule has 0 aromatic carbocycles. The summed E-state index contributed by atoms with van der Waals surface area (Å²) >= 11 is 0. The van der Waals surface area contributed by atoms with Crippen molar-refractivity contribution in [2.75, 3.05) is 6.54 Å². The molecule has 5 nitrogen and oxygen atoms in total. The molecule has 114 valence electrons. The van der Waals surface area contributed by atoms with Crippen molar-refractivity contribution >= 4 is 11.7 Å². The van der Waals surface area contributed by atoms with Crippen molar-refractivity contribution < 1.29 is 9.59 Å². The monoisotopic (exact) mass is 297 g/mol. The topological polar surface area (TPSA) is 74.8 Å². The highest BCUT2D eigenvalue weighted by Crippen LogP contribution is 2.26. The molecule has 0 aliphatic heterocycles. The normalized spacial score (nSPS) is 13.8. The number of carbonyl (C=O) groups is 2. The zero-order valence-electron chi connectivity index (χ0n) is 12.6. The molecule has 22 heavy (non-hydrogen) atoms. The van der Waals surface area contributed by atoms with Crippen LogP contribution in [-0.4, -0.2) is 28.2 Å². The van der Waals surface area contributed by atoms with Crippen molar-refractivity contribution in [1.29, 1.82) is 0 Å². The largest absolute Gasteiger partial charge is 0.354 e. The first-order chi connectivity index (χ1) is 10.7. The fourth-order valence-electron chi connectivity index (χ4n) is 2.96. The van der Waals surface area contributed by atoms with Gasteiger partial charge in [0, 0.05) is 36.6 Å². The Kier molecular flexibility index (Phi) is 4.04. The summed E-state index contributed by atoms with van der Waals surface area (Å²) in [5.41, 5.74) is 4.01. The molecule has 0 saturated carbocycles. The number of hydrogen-bond acceptors (Lipinski definition) is 3. The number of nitrogens with one attached hydrogen (secondary N) is 2. The Morgan fingerprint density at radius 2 is 2.27 bits per heavy atom. The molecule has 0 unspecified atom stereocenters. The highest BCUT2D eigenvalue weighted by atomic mass is 16.2. The molecule has 0 bridgehead atoms. The van der Waals surface area contributed by atoms with E-state index in [1.54, 1.807) is 12.4 Å². The summed E-state index contributed by atoms with van der Waals surface area (Å²) in [6, 6.07) is 3.86. The molecule has 2 N–H and O–H groups in total. The molecule has 2 aromatic heterocycles. The molecule has 0 spiro atoms. The van der Waals surface area contributed by atoms with Gasteiger partial charge in [0.1, 0.15) is 5.69 Å². The van der Waals surface area contributed by atoms with Crippen LogP contribution in [0.5, 0.6) is 0 Å². The first-order valence-electron chi connectivity index (χ1n) is 7.58. The third kappa shape index (κ3) is 2.79. The van der Waals surface area contributed by atoms with Crippen LogP contribution in [0.1, 0.15) is 50.5 Å². The first-order valence-corrected chi connectivity index (χ1v) is 7.58. The van der Waals surface area contributed by atoms with Gasteiger partial charge in [-0.2, -0.15) is 0 Å². The fourth-order valence-corrected chi connectivity index (χ4v) is 2.96. The number of Topliss-reactive ketones (excluding diaryl/α,β-unsaturated/α-hetero) is 1. The van der Waals surface area contributed by atoms with Crippen molar-refractivity contribution in [1.82, 2.24) is 15.3 Å². The average molecular weight is 297 g/mol. The molecule has 2 aromatic rings. The summed E-state index contributed by atoms with van der Waals surface area (Å²) in [4.78, 5) is 31.5. The van der Waals surface area contributed by atoms with Gasteiger partial charge < -0.3 is 10.3 Å². The Hall–Kier alpha value is -2.43. The van der Waals surface area contributed by atoms with Crippen molar-refractivity contribution in [2.24, 2.45) is 0 Å². The van der Waals surface area contributed by atoms with E-state index < -0.39 is 0 Å². The average Bonchev–Trinajstić information content (AvgIpc) is 2.87. The number of fused-ring (bicyclic) bond motifs is 1. The molecule has 2 heterocycles. The molecule has 0 radical (unpaired) electrons. The molecule has 0 atom stereocenters. The van der Waals surface area contributed by atoms with Gasteiger partial charge >= 0.3 is 0 Å². The van der Waals surface area contributed by atoms with Crippen LogP contribution in [0.2, 0.25) is 0 Å². The van der Waals surface area contributed by atoms with Crippen molar-refractivity contribution in [2.45, 2.75) is 32.6 Å². The summed E-state index contributed by atoms with van der Waals surface area (Å²) in [6.45, 7) is 2.39. The van der Waals surface area contributed by atoms with Gasteiger partial charge in [-0.1, -0.05) is 6.07 Å². The Balaban J connectivity index is 1.67. The lowest BCUT2D eigenvalue weighted by molar-refractivity contribution is 0.0948. The Morgan fingerprint density at radius 1 is 1.41 bits per heavy atom. The maximum absolute atomic E-state index is 12.3. The Bertz CT molecular complexity index is 704. The molecule has 1 aliphatic rings. The van der Waals surface area contributed by atoms with E-state index in [1.807, 2.05) is 19.1 Å². The number of aromatic nitrogens is 2. The molecular formula is C17H19N3O2. The van der Waals surface area contributed by atoms with Crippen molar-refractivity contribution in [3.05, 3.63) is 52.6 Å². The van der Waals surface area contributed by atoms with Crippen LogP contribution in [0.3, 0.4) is 0 Å². The van der Waals surface area contributed by atoms with E-state index in [-0.39, 0.29) is 11.7 Å². The number of H-pyrrole nitrogens is 1. The second-order valence-electron chi connectivity index (χ2n) is 5.62. The summed E-state index contributed by atoms with van der Waals surface area (Å²) in [5.74, 6) is -0.00648. The maximum Gasteiger partial charge on any atom is 0.268 e. The molecule has 0 saturated heterocycles. The number of aryl methyl sites for hydroxylation is 1. The zero-order chi connectivity index (χ0) is 15.5. The SMILES string of the molecule is Cc1c(C(=O)NCCc2cccnc2)[nH]c2c1C(=O)CCC2. The summed E-state index contributed by atoms with van der Waals surface area (Å²) in [6.07, 6.45) is 6.53. The van der Waals surface area contributed by atoms with Crippen molar-refractivity contribution in [3.63, 3.8) is 0 Å². The predicted molar refractivity (Wildman–Crippen MR) is 83.1 cm³/mol. The zero-order valence-corrected chi connectivity index (χ0v) is 12.6. The molecule has 1 aliphatic carbocycles. The summed E-state index contributed by atoms with van der Waals surface area (Å²) in [7, 11) is 0. The minimum atomic E-state index is -0.149. The quantitative estimate of drug-likeness (QED) is 0.908. The highest BCUT2D eigenvalue weighted by molar-refractivity contribution is 6.04. The Morgan fingerprint density at radius 3 is 3.00 bits per heavy atom. The molecule has 5 heteroatoms. The van der Waals surface area contributed by atoms with Crippen LogP contribution in [0.4, 0.5) is 0 Å². The Labute approximate surface area is 129 Å². The van der Waals surface area contributed by atoms with E-state index in [0.29, 0.717) is 18.7 Å². The maximum atomic E-state index is 12.3. The van der Waals surface area contributed by atoms with E-state index in [0.717, 1.165) is 41.6 Å². The highest BCUT2D eigenvalue weighted by Gasteiger charge is 2.26. The lowest BCUT2D eigenvalue weighted by atomic mass is 9.94. The molecular weight excluding hydrogens is 278 g/mol. The van der Waals surface area contributed by atoms with Gasteiger partial charge in [0.05, 0.1) is 0 Å². The van der Waals surface area contributed by atoms with Gasteiger partial charge in [-0.15, -0.1) is 0 Å². The van der Waals surface area contributed by atoms with E-state index in [9.17, 15) is 9.59 Å². The van der Waals surface area contributed by atoms with Gasteiger partial charge in [0.25, 0.3) is 5.91 Å². The number of carbonyl (C=O) groups excluding carboxylic acids is 2. The van der Waals surface area contributed by atoms with Crippen molar-refractivity contribution in [3.8, 4) is 0 Å². The number of amides is 1. The van der Waals surface area contributed by atoms with Crippen LogP contribution in [-0.2, 0) is 12.8 Å². The van der Waals surface area contributed by atoms with Crippen LogP contribution >= 0.6 is 0 Å². The molecule has 1 amide bonds. The van der Waals surface area contributed by atoms with Gasteiger partial charge in [0.15, 0.2) is 5.78 Å². The summed E-state index contributed by atoms with van der Waals surface area (Å²) < 4.78 is 0. The number of ketones is 1. The second kappa shape index (κ2) is 6.13. The van der Waals surface area contributed by atoms with E-state index in [2.05, 4.69) is 15.3 Å². The lowest BCUT2D eigenvalue weighted by Gasteiger charge is -2.09. The predicted octanol–water partition coefficient (Wildman–Crippen LogP) is 2.21. The second-order valence-corrected chi connectivity index (χ2v) is 5.62. The third-order valence-corrected chi connectivity index (χ3v) is 4.09. The number of pyridine rings is 1. The number of rotatable bonds is 4. The van der Waals surface area contributed by atoms with Gasteiger partial charge in [-0.25, -0.2) is 0 Å². The smallest absolute Gasteiger partial charge is 0.268 e. The van der Waals surface area contributed by atoms with Crippen LogP contribution in [0.25, 0.3) is 0 Å². The van der Waals surface area contributed by atoms with Crippen LogP contribution < -0.4 is 5.32 Å². The standard InChI is InChI=1S/C17H19N3O2/c1-11-15-13(5-2-6-14(15)21)20-16(11)17(22)19-9-7-12-4-3-8-18-10-12/h3-4,8,10,20H,2,5-7,9H2,1H3,(H,19,22). The minimum absolute atomic E-state index is 0.143. The number of aromatic amines is 1.